The zero-order chi connectivity index (χ0) is 12.3. The molecule has 3 aliphatic rings. The first-order valence-corrected chi connectivity index (χ1v) is 9.00. The highest BCUT2D eigenvalue weighted by atomic mass is 32.2. The maximum absolute atomic E-state index is 6.11. The van der Waals surface area contributed by atoms with Crippen LogP contribution in [0, 0.1) is 0 Å². The molecule has 2 heterocycles. The molecule has 0 radical (unpaired) electrons. The van der Waals surface area contributed by atoms with E-state index in [2.05, 4.69) is 17.1 Å². The second-order valence-electron chi connectivity index (χ2n) is 6.38. The van der Waals surface area contributed by atoms with Crippen LogP contribution in [0.1, 0.15) is 57.8 Å². The topological polar surface area (TPSA) is 21.3 Å². The molecule has 3 fully saturated rings. The fraction of sp³-hybridized carbons (Fsp3) is 1.00. The molecule has 1 spiro atoms. The Balaban J connectivity index is 1.52. The molecule has 104 valence electrons. The molecule has 0 aromatic heterocycles. The lowest BCUT2D eigenvalue weighted by atomic mass is 9.89. The van der Waals surface area contributed by atoms with E-state index in [1.165, 1.54) is 69.3 Å². The molecule has 1 aliphatic carbocycles. The van der Waals surface area contributed by atoms with Crippen LogP contribution in [-0.4, -0.2) is 35.8 Å². The second kappa shape index (κ2) is 6.15. The second-order valence-corrected chi connectivity index (χ2v) is 7.48. The van der Waals surface area contributed by atoms with Gasteiger partial charge in [0.25, 0.3) is 0 Å². The summed E-state index contributed by atoms with van der Waals surface area (Å²) in [6.07, 6.45) is 12.3. The van der Waals surface area contributed by atoms with Crippen molar-refractivity contribution in [2.75, 3.05) is 18.1 Å². The van der Waals surface area contributed by atoms with E-state index < -0.39 is 0 Å². The van der Waals surface area contributed by atoms with E-state index in [0.717, 1.165) is 18.7 Å². The Labute approximate surface area is 116 Å². The highest BCUT2D eigenvalue weighted by molar-refractivity contribution is 7.99. The Bertz CT molecular complexity index is 257. The van der Waals surface area contributed by atoms with Crippen LogP contribution < -0.4 is 5.32 Å². The lowest BCUT2D eigenvalue weighted by Crippen LogP contribution is -2.49. The fourth-order valence-corrected chi connectivity index (χ4v) is 5.19. The molecule has 1 N–H and O–H groups in total. The summed E-state index contributed by atoms with van der Waals surface area (Å²) < 4.78 is 6.11. The van der Waals surface area contributed by atoms with Gasteiger partial charge >= 0.3 is 0 Å². The van der Waals surface area contributed by atoms with Crippen LogP contribution in [0.5, 0.6) is 0 Å². The molecule has 0 aromatic rings. The van der Waals surface area contributed by atoms with Crippen molar-refractivity contribution in [3.05, 3.63) is 0 Å². The average molecular weight is 269 g/mol. The summed E-state index contributed by atoms with van der Waals surface area (Å²) in [5.41, 5.74) is 0.241. The minimum Gasteiger partial charge on any atom is -0.374 e. The lowest BCUT2D eigenvalue weighted by molar-refractivity contribution is -0.0715. The monoisotopic (exact) mass is 269 g/mol. The normalized spacial score (nSPS) is 39.0. The summed E-state index contributed by atoms with van der Waals surface area (Å²) in [7, 11) is 0. The van der Waals surface area contributed by atoms with Gasteiger partial charge in [0.15, 0.2) is 0 Å². The summed E-state index contributed by atoms with van der Waals surface area (Å²) in [4.78, 5) is 0. The van der Waals surface area contributed by atoms with E-state index in [-0.39, 0.29) is 5.60 Å². The SMILES string of the molecule is C1CCCC(NC2CCOC3(CCSC3)C2)CC1. The standard InChI is InChI=1S/C15H27NOS/c1-2-4-6-13(5-3-1)16-14-7-9-17-15(11-14)8-10-18-12-15/h13-14,16H,1-12H2. The highest BCUT2D eigenvalue weighted by Gasteiger charge is 2.40. The molecule has 0 amide bonds. The van der Waals surface area contributed by atoms with Gasteiger partial charge in [0.2, 0.25) is 0 Å². The molecule has 3 rings (SSSR count). The molecular formula is C15H27NOS. The van der Waals surface area contributed by atoms with Crippen molar-refractivity contribution in [2.24, 2.45) is 0 Å². The Kier molecular flexibility index (Phi) is 4.53. The molecule has 2 nitrogen and oxygen atoms in total. The van der Waals surface area contributed by atoms with Crippen LogP contribution in [0.25, 0.3) is 0 Å². The van der Waals surface area contributed by atoms with Crippen molar-refractivity contribution in [3.8, 4) is 0 Å². The van der Waals surface area contributed by atoms with E-state index in [4.69, 9.17) is 4.74 Å². The van der Waals surface area contributed by atoms with E-state index in [1.807, 2.05) is 0 Å². The Hall–Kier alpha value is 0.270. The number of rotatable bonds is 2. The van der Waals surface area contributed by atoms with Gasteiger partial charge in [0, 0.05) is 24.4 Å². The highest BCUT2D eigenvalue weighted by Crippen LogP contribution is 2.38. The summed E-state index contributed by atoms with van der Waals surface area (Å²) >= 11 is 2.08. The maximum atomic E-state index is 6.11. The third-order valence-electron chi connectivity index (χ3n) is 4.89. The van der Waals surface area contributed by atoms with Crippen LogP contribution in [0.4, 0.5) is 0 Å². The first-order valence-electron chi connectivity index (χ1n) is 7.84. The Morgan fingerprint density at radius 2 is 1.83 bits per heavy atom. The van der Waals surface area contributed by atoms with Crippen molar-refractivity contribution in [2.45, 2.75) is 75.5 Å². The molecule has 18 heavy (non-hydrogen) atoms. The first-order chi connectivity index (χ1) is 8.86. The molecular weight excluding hydrogens is 242 g/mol. The van der Waals surface area contributed by atoms with Gasteiger partial charge in [-0.1, -0.05) is 25.7 Å². The zero-order valence-electron chi connectivity index (χ0n) is 11.5. The van der Waals surface area contributed by atoms with Gasteiger partial charge in [-0.3, -0.25) is 0 Å². The van der Waals surface area contributed by atoms with Gasteiger partial charge in [0.05, 0.1) is 5.60 Å². The van der Waals surface area contributed by atoms with Crippen molar-refractivity contribution >= 4 is 11.8 Å². The number of hydrogen-bond acceptors (Lipinski definition) is 3. The van der Waals surface area contributed by atoms with Gasteiger partial charge in [-0.2, -0.15) is 11.8 Å². The lowest BCUT2D eigenvalue weighted by Gasteiger charge is -2.39. The maximum Gasteiger partial charge on any atom is 0.0795 e. The summed E-state index contributed by atoms with van der Waals surface area (Å²) in [6.45, 7) is 0.977. The van der Waals surface area contributed by atoms with Crippen molar-refractivity contribution in [1.29, 1.82) is 0 Å². The smallest absolute Gasteiger partial charge is 0.0795 e. The minimum absolute atomic E-state index is 0.241. The van der Waals surface area contributed by atoms with Crippen LogP contribution >= 0.6 is 11.8 Å². The van der Waals surface area contributed by atoms with Crippen molar-refractivity contribution in [3.63, 3.8) is 0 Å². The molecule has 2 unspecified atom stereocenters. The predicted molar refractivity (Wildman–Crippen MR) is 78.3 cm³/mol. The average Bonchev–Trinajstić information content (AvgIpc) is 2.66. The Morgan fingerprint density at radius 3 is 2.56 bits per heavy atom. The fourth-order valence-electron chi connectivity index (χ4n) is 3.81. The zero-order valence-corrected chi connectivity index (χ0v) is 12.3. The van der Waals surface area contributed by atoms with Crippen LogP contribution in [0.15, 0.2) is 0 Å². The van der Waals surface area contributed by atoms with Gasteiger partial charge in [-0.05, 0) is 37.9 Å². The number of nitrogens with one attached hydrogen (secondary N) is 1. The third kappa shape index (κ3) is 3.23. The minimum atomic E-state index is 0.241. The number of hydrogen-bond donors (Lipinski definition) is 1. The Morgan fingerprint density at radius 1 is 1.00 bits per heavy atom. The van der Waals surface area contributed by atoms with Crippen molar-refractivity contribution in [1.82, 2.24) is 5.32 Å². The molecule has 2 aliphatic heterocycles. The quantitative estimate of drug-likeness (QED) is 0.777. The molecule has 2 saturated heterocycles. The molecule has 0 aromatic carbocycles. The van der Waals surface area contributed by atoms with Crippen LogP contribution in [0.3, 0.4) is 0 Å². The van der Waals surface area contributed by atoms with Crippen molar-refractivity contribution < 1.29 is 4.74 Å². The summed E-state index contributed by atoms with van der Waals surface area (Å²) in [5.74, 6) is 2.53. The van der Waals surface area contributed by atoms with E-state index >= 15 is 0 Å². The summed E-state index contributed by atoms with van der Waals surface area (Å²) in [5, 5.41) is 3.96. The van der Waals surface area contributed by atoms with Gasteiger partial charge in [0.1, 0.15) is 0 Å². The van der Waals surface area contributed by atoms with Crippen LogP contribution in [-0.2, 0) is 4.74 Å². The predicted octanol–water partition coefficient (Wildman–Crippen LogP) is 3.35. The molecule has 0 bridgehead atoms. The van der Waals surface area contributed by atoms with E-state index in [1.54, 1.807) is 0 Å². The first kappa shape index (κ1) is 13.3. The third-order valence-corrected chi connectivity index (χ3v) is 6.11. The molecule has 3 heteroatoms. The largest absolute Gasteiger partial charge is 0.374 e. The van der Waals surface area contributed by atoms with Gasteiger partial charge < -0.3 is 10.1 Å². The molecule has 2 atom stereocenters. The van der Waals surface area contributed by atoms with E-state index in [9.17, 15) is 0 Å². The number of ether oxygens (including phenoxy) is 1. The summed E-state index contributed by atoms with van der Waals surface area (Å²) in [6, 6.07) is 1.52. The van der Waals surface area contributed by atoms with Gasteiger partial charge in [-0.25, -0.2) is 0 Å². The van der Waals surface area contributed by atoms with Crippen LogP contribution in [0.2, 0.25) is 0 Å². The van der Waals surface area contributed by atoms with Gasteiger partial charge in [-0.15, -0.1) is 0 Å². The number of thioether (sulfide) groups is 1. The molecule has 1 saturated carbocycles. The van der Waals surface area contributed by atoms with E-state index in [0.29, 0.717) is 0 Å².